The van der Waals surface area contributed by atoms with Gasteiger partial charge in [0.1, 0.15) is 4.90 Å². The molecular weight excluding hydrogens is 350 g/mol. The fourth-order valence-corrected chi connectivity index (χ4v) is 2.83. The Morgan fingerprint density at radius 2 is 2.15 bits per heavy atom. The second-order valence-corrected chi connectivity index (χ2v) is 6.50. The highest BCUT2D eigenvalue weighted by molar-refractivity contribution is 9.10. The third-order valence-electron chi connectivity index (χ3n) is 2.31. The normalized spacial score (nSPS) is 11.3. The molecule has 0 radical (unpaired) electrons. The summed E-state index contributed by atoms with van der Waals surface area (Å²) in [6, 6.07) is 4.40. The number of nitrogens with two attached hydrogens (primary N) is 1. The maximum atomic E-state index is 12.0. The van der Waals surface area contributed by atoms with Crippen molar-refractivity contribution in [1.29, 1.82) is 0 Å². The van der Waals surface area contributed by atoms with E-state index in [9.17, 15) is 13.2 Å². The topological polar surface area (TPSA) is 111 Å². The van der Waals surface area contributed by atoms with Crippen LogP contribution in [0.2, 0.25) is 0 Å². The monoisotopic (exact) mass is 365 g/mol. The standard InChI is InChI=1S/C11H16BrN3O4S/c1-19-5-4-14-11(16)7-15-20(17,18)10-3-2-8(12)6-9(10)13/h2-3,6,15H,4-5,7,13H2,1H3,(H,14,16). The van der Waals surface area contributed by atoms with Gasteiger partial charge in [0.25, 0.3) is 0 Å². The number of methoxy groups -OCH3 is 1. The van der Waals surface area contributed by atoms with Crippen LogP contribution in [0.4, 0.5) is 5.69 Å². The van der Waals surface area contributed by atoms with E-state index < -0.39 is 15.9 Å². The van der Waals surface area contributed by atoms with Gasteiger partial charge in [0.15, 0.2) is 0 Å². The number of halogens is 1. The molecular formula is C11H16BrN3O4S. The van der Waals surface area contributed by atoms with Crippen molar-refractivity contribution in [3.05, 3.63) is 22.7 Å². The van der Waals surface area contributed by atoms with Gasteiger partial charge in [0, 0.05) is 18.1 Å². The maximum Gasteiger partial charge on any atom is 0.243 e. The molecule has 0 aliphatic rings. The zero-order valence-electron chi connectivity index (χ0n) is 10.8. The molecule has 0 fully saturated rings. The second-order valence-electron chi connectivity index (χ2n) is 3.85. The molecule has 112 valence electrons. The summed E-state index contributed by atoms with van der Waals surface area (Å²) >= 11 is 3.19. The molecule has 9 heteroatoms. The first kappa shape index (κ1) is 16.9. The summed E-state index contributed by atoms with van der Waals surface area (Å²) in [7, 11) is -2.32. The highest BCUT2D eigenvalue weighted by Gasteiger charge is 2.18. The lowest BCUT2D eigenvalue weighted by molar-refractivity contribution is -0.120. The molecule has 0 aliphatic heterocycles. The Kier molecular flexibility index (Phi) is 6.40. The minimum Gasteiger partial charge on any atom is -0.398 e. The van der Waals surface area contributed by atoms with Crippen LogP contribution in [0.3, 0.4) is 0 Å². The van der Waals surface area contributed by atoms with Gasteiger partial charge in [-0.3, -0.25) is 4.79 Å². The van der Waals surface area contributed by atoms with Crippen molar-refractivity contribution in [1.82, 2.24) is 10.0 Å². The van der Waals surface area contributed by atoms with Crippen LogP contribution < -0.4 is 15.8 Å². The summed E-state index contributed by atoms with van der Waals surface area (Å²) in [6.45, 7) is 0.317. The number of rotatable bonds is 7. The van der Waals surface area contributed by atoms with Crippen LogP contribution in [-0.4, -0.2) is 41.1 Å². The fourth-order valence-electron chi connectivity index (χ4n) is 1.36. The van der Waals surface area contributed by atoms with E-state index in [0.717, 1.165) is 0 Å². The predicted octanol–water partition coefficient (Wildman–Crippen LogP) is 0.0722. The summed E-state index contributed by atoms with van der Waals surface area (Å²) in [4.78, 5) is 11.3. The van der Waals surface area contributed by atoms with Gasteiger partial charge in [-0.1, -0.05) is 15.9 Å². The summed E-state index contributed by atoms with van der Waals surface area (Å²) in [5.74, 6) is -0.443. The lowest BCUT2D eigenvalue weighted by Gasteiger charge is -2.09. The molecule has 0 saturated heterocycles. The second kappa shape index (κ2) is 7.58. The van der Waals surface area contributed by atoms with E-state index in [1.807, 2.05) is 0 Å². The molecule has 0 bridgehead atoms. The number of nitrogen functional groups attached to an aromatic ring is 1. The average Bonchev–Trinajstić information content (AvgIpc) is 2.36. The molecule has 1 rings (SSSR count). The lowest BCUT2D eigenvalue weighted by atomic mass is 10.3. The lowest BCUT2D eigenvalue weighted by Crippen LogP contribution is -2.38. The van der Waals surface area contributed by atoms with Gasteiger partial charge in [0.2, 0.25) is 15.9 Å². The van der Waals surface area contributed by atoms with E-state index in [1.165, 1.54) is 19.2 Å². The first-order valence-corrected chi connectivity index (χ1v) is 7.95. The number of hydrogen-bond donors (Lipinski definition) is 3. The van der Waals surface area contributed by atoms with Crippen LogP contribution in [0.15, 0.2) is 27.6 Å². The van der Waals surface area contributed by atoms with Crippen molar-refractivity contribution in [2.45, 2.75) is 4.90 Å². The van der Waals surface area contributed by atoms with Gasteiger partial charge < -0.3 is 15.8 Å². The molecule has 0 aliphatic carbocycles. The number of carbonyl (C=O) groups excluding carboxylic acids is 1. The Balaban J connectivity index is 2.64. The summed E-state index contributed by atoms with van der Waals surface area (Å²) in [5, 5.41) is 2.50. The summed E-state index contributed by atoms with van der Waals surface area (Å²) in [6.07, 6.45) is 0. The minimum atomic E-state index is -3.82. The zero-order valence-corrected chi connectivity index (χ0v) is 13.3. The van der Waals surface area contributed by atoms with Crippen LogP contribution >= 0.6 is 15.9 Å². The largest absolute Gasteiger partial charge is 0.398 e. The van der Waals surface area contributed by atoms with Gasteiger partial charge in [-0.15, -0.1) is 0 Å². The number of carbonyl (C=O) groups is 1. The Morgan fingerprint density at radius 1 is 1.45 bits per heavy atom. The fraction of sp³-hybridized carbons (Fsp3) is 0.364. The van der Waals surface area contributed by atoms with Crippen molar-refractivity contribution in [3.63, 3.8) is 0 Å². The molecule has 0 atom stereocenters. The molecule has 0 spiro atoms. The number of benzene rings is 1. The van der Waals surface area contributed by atoms with Gasteiger partial charge in [-0.25, -0.2) is 13.1 Å². The van der Waals surface area contributed by atoms with E-state index >= 15 is 0 Å². The van der Waals surface area contributed by atoms with Gasteiger partial charge in [0.05, 0.1) is 18.8 Å². The molecule has 1 aromatic rings. The molecule has 20 heavy (non-hydrogen) atoms. The SMILES string of the molecule is COCCNC(=O)CNS(=O)(=O)c1ccc(Br)cc1N. The molecule has 0 unspecified atom stereocenters. The summed E-state index contributed by atoms with van der Waals surface area (Å²) in [5.41, 5.74) is 5.75. The number of ether oxygens (including phenoxy) is 1. The van der Waals surface area contributed by atoms with E-state index in [-0.39, 0.29) is 17.1 Å². The molecule has 7 nitrogen and oxygen atoms in total. The molecule has 0 saturated carbocycles. The quantitative estimate of drug-likeness (QED) is 0.467. The number of amides is 1. The van der Waals surface area contributed by atoms with Crippen LogP contribution in [-0.2, 0) is 19.6 Å². The van der Waals surface area contributed by atoms with E-state index in [1.54, 1.807) is 6.07 Å². The van der Waals surface area contributed by atoms with Crippen molar-refractivity contribution in [2.24, 2.45) is 0 Å². The predicted molar refractivity (Wildman–Crippen MR) is 78.6 cm³/mol. The smallest absolute Gasteiger partial charge is 0.243 e. The van der Waals surface area contributed by atoms with E-state index in [4.69, 9.17) is 10.5 Å². The molecule has 0 aromatic heterocycles. The van der Waals surface area contributed by atoms with Crippen LogP contribution in [0, 0.1) is 0 Å². The van der Waals surface area contributed by atoms with Crippen molar-refractivity contribution in [3.8, 4) is 0 Å². The van der Waals surface area contributed by atoms with E-state index in [0.29, 0.717) is 17.6 Å². The van der Waals surface area contributed by atoms with Crippen LogP contribution in [0.1, 0.15) is 0 Å². The number of nitrogens with one attached hydrogen (secondary N) is 2. The third kappa shape index (κ3) is 5.08. The minimum absolute atomic E-state index is 0.0645. The Morgan fingerprint density at radius 3 is 2.75 bits per heavy atom. The highest BCUT2D eigenvalue weighted by Crippen LogP contribution is 2.22. The van der Waals surface area contributed by atoms with Crippen LogP contribution in [0.25, 0.3) is 0 Å². The molecule has 4 N–H and O–H groups in total. The first-order chi connectivity index (χ1) is 9.36. The van der Waals surface area contributed by atoms with Crippen molar-refractivity contribution < 1.29 is 17.9 Å². The highest BCUT2D eigenvalue weighted by atomic mass is 79.9. The van der Waals surface area contributed by atoms with Gasteiger partial charge in [-0.2, -0.15) is 0 Å². The summed E-state index contributed by atoms with van der Waals surface area (Å²) < 4.78 is 31.6. The molecule has 1 amide bonds. The molecule has 0 heterocycles. The number of anilines is 1. The van der Waals surface area contributed by atoms with Gasteiger partial charge in [-0.05, 0) is 18.2 Å². The van der Waals surface area contributed by atoms with Crippen LogP contribution in [0.5, 0.6) is 0 Å². The average molecular weight is 366 g/mol. The third-order valence-corrected chi connectivity index (χ3v) is 4.28. The Hall–Kier alpha value is -1.16. The van der Waals surface area contributed by atoms with E-state index in [2.05, 4.69) is 26.0 Å². The molecule has 1 aromatic carbocycles. The maximum absolute atomic E-state index is 12.0. The Labute approximate surface area is 126 Å². The first-order valence-electron chi connectivity index (χ1n) is 5.67. The number of hydrogen-bond acceptors (Lipinski definition) is 5. The van der Waals surface area contributed by atoms with Crippen molar-refractivity contribution >= 4 is 37.5 Å². The van der Waals surface area contributed by atoms with Gasteiger partial charge >= 0.3 is 0 Å². The van der Waals surface area contributed by atoms with Crippen molar-refractivity contribution in [2.75, 3.05) is 32.5 Å². The number of sulfonamides is 1. The zero-order chi connectivity index (χ0) is 15.2. The Bertz CT molecular complexity index is 577.